The molecule has 4 amide bonds. The van der Waals surface area contributed by atoms with Crippen LogP contribution >= 0.6 is 0 Å². The molecule has 15 nitrogen and oxygen atoms in total. The van der Waals surface area contributed by atoms with Crippen LogP contribution in [0.3, 0.4) is 0 Å². The van der Waals surface area contributed by atoms with Crippen molar-refractivity contribution in [1.29, 1.82) is 0 Å². The van der Waals surface area contributed by atoms with E-state index >= 15 is 0 Å². The molecular formula is C21H39N9O6. The molecule has 1 rings (SSSR count). The first kappa shape index (κ1) is 30.6. The Morgan fingerprint density at radius 1 is 0.917 bits per heavy atom. The zero-order chi connectivity index (χ0) is 27.1. The lowest BCUT2D eigenvalue weighted by Gasteiger charge is -2.25. The molecule has 4 atom stereocenters. The van der Waals surface area contributed by atoms with Gasteiger partial charge in [0.05, 0.1) is 12.5 Å². The van der Waals surface area contributed by atoms with Crippen LogP contribution in [-0.4, -0.2) is 84.5 Å². The summed E-state index contributed by atoms with van der Waals surface area (Å²) in [6.45, 7) is 1.29. The van der Waals surface area contributed by atoms with Crippen molar-refractivity contribution >= 4 is 35.6 Å². The SMILES string of the molecule is NCCCCC(NC(=O)C(CCCN=C(N)N)NC(=O)C1CCCN1)C(=O)NC(CC(N)=O)C(=O)O. The van der Waals surface area contributed by atoms with Gasteiger partial charge in [-0.3, -0.25) is 24.2 Å². The number of nitrogens with two attached hydrogens (primary N) is 4. The fraction of sp³-hybridized carbons (Fsp3) is 0.714. The predicted octanol–water partition coefficient (Wildman–Crippen LogP) is -3.66. The number of aliphatic imine (C=N–C) groups is 1. The summed E-state index contributed by atoms with van der Waals surface area (Å²) in [5, 5.41) is 19.9. The summed E-state index contributed by atoms with van der Waals surface area (Å²) in [5.41, 5.74) is 21.2. The molecule has 204 valence electrons. The minimum atomic E-state index is -1.55. The van der Waals surface area contributed by atoms with E-state index in [0.29, 0.717) is 38.8 Å². The fourth-order valence-corrected chi connectivity index (χ4v) is 3.66. The van der Waals surface area contributed by atoms with Crippen molar-refractivity contribution in [2.24, 2.45) is 27.9 Å². The third-order valence-electron chi connectivity index (χ3n) is 5.55. The molecule has 4 unspecified atom stereocenters. The van der Waals surface area contributed by atoms with E-state index in [4.69, 9.17) is 22.9 Å². The van der Waals surface area contributed by atoms with E-state index in [1.807, 2.05) is 0 Å². The lowest BCUT2D eigenvalue weighted by atomic mass is 10.0. The van der Waals surface area contributed by atoms with Crippen LogP contribution < -0.4 is 44.2 Å². The molecule has 0 aliphatic carbocycles. The number of aliphatic carboxylic acids is 1. The van der Waals surface area contributed by atoms with Crippen molar-refractivity contribution in [3.63, 3.8) is 0 Å². The Balaban J connectivity index is 2.96. The normalized spacial score (nSPS) is 17.3. The molecule has 0 bridgehead atoms. The number of guanidine groups is 1. The molecule has 0 saturated carbocycles. The Bertz CT molecular complexity index is 797. The first-order valence-electron chi connectivity index (χ1n) is 12.0. The van der Waals surface area contributed by atoms with Crippen LogP contribution in [0.5, 0.6) is 0 Å². The van der Waals surface area contributed by atoms with Gasteiger partial charge in [0, 0.05) is 6.54 Å². The molecule has 1 aliphatic heterocycles. The lowest BCUT2D eigenvalue weighted by molar-refractivity contribution is -0.143. The Morgan fingerprint density at radius 3 is 2.06 bits per heavy atom. The Kier molecular flexibility index (Phi) is 13.8. The highest BCUT2D eigenvalue weighted by Crippen LogP contribution is 2.08. The number of nitrogens with zero attached hydrogens (tertiary/aromatic N) is 1. The van der Waals surface area contributed by atoms with Crippen molar-refractivity contribution in [1.82, 2.24) is 21.3 Å². The van der Waals surface area contributed by atoms with Gasteiger partial charge >= 0.3 is 5.97 Å². The number of hydrogen-bond acceptors (Lipinski definition) is 8. The van der Waals surface area contributed by atoms with Crippen LogP contribution in [-0.2, 0) is 24.0 Å². The van der Waals surface area contributed by atoms with E-state index in [0.717, 1.165) is 6.42 Å². The maximum Gasteiger partial charge on any atom is 0.326 e. The average Bonchev–Trinajstić information content (AvgIpc) is 3.34. The van der Waals surface area contributed by atoms with Gasteiger partial charge in [-0.05, 0) is 58.0 Å². The van der Waals surface area contributed by atoms with E-state index in [9.17, 15) is 29.1 Å². The third kappa shape index (κ3) is 11.8. The highest BCUT2D eigenvalue weighted by atomic mass is 16.4. The van der Waals surface area contributed by atoms with Crippen molar-refractivity contribution < 1.29 is 29.1 Å². The topological polar surface area (TPSA) is 270 Å². The van der Waals surface area contributed by atoms with E-state index in [-0.39, 0.29) is 31.3 Å². The van der Waals surface area contributed by atoms with Gasteiger partial charge in [0.2, 0.25) is 23.6 Å². The molecule has 1 heterocycles. The number of hydrogen-bond donors (Lipinski definition) is 9. The maximum atomic E-state index is 13.1. The molecule has 0 radical (unpaired) electrons. The highest BCUT2D eigenvalue weighted by Gasteiger charge is 2.31. The van der Waals surface area contributed by atoms with Gasteiger partial charge in [0.25, 0.3) is 0 Å². The summed E-state index contributed by atoms with van der Waals surface area (Å²) in [5.74, 6) is -4.21. The number of carbonyl (C=O) groups excluding carboxylic acids is 4. The van der Waals surface area contributed by atoms with Gasteiger partial charge in [0.1, 0.15) is 18.1 Å². The van der Waals surface area contributed by atoms with Gasteiger partial charge in [-0.2, -0.15) is 0 Å². The summed E-state index contributed by atoms with van der Waals surface area (Å²) in [6.07, 6.45) is 2.62. The lowest BCUT2D eigenvalue weighted by Crippen LogP contribution is -2.57. The molecule has 0 aromatic heterocycles. The minimum Gasteiger partial charge on any atom is -0.480 e. The second-order valence-corrected chi connectivity index (χ2v) is 8.57. The minimum absolute atomic E-state index is 0.101. The largest absolute Gasteiger partial charge is 0.480 e. The Morgan fingerprint density at radius 2 is 1.53 bits per heavy atom. The molecule has 36 heavy (non-hydrogen) atoms. The zero-order valence-electron chi connectivity index (χ0n) is 20.3. The Hall–Kier alpha value is -3.46. The predicted molar refractivity (Wildman–Crippen MR) is 131 cm³/mol. The summed E-state index contributed by atoms with van der Waals surface area (Å²) in [6, 6.07) is -4.08. The van der Waals surface area contributed by atoms with Crippen LogP contribution in [0.4, 0.5) is 0 Å². The van der Waals surface area contributed by atoms with Crippen molar-refractivity contribution in [2.75, 3.05) is 19.6 Å². The standard InChI is InChI=1S/C21H39N9O6/c22-8-2-1-5-13(19(34)30-15(20(35)36)11-16(23)31)29-18(33)14(7-4-10-27-21(24)25)28-17(32)12-6-3-9-26-12/h12-15,26H,1-11,22H2,(H2,23,31)(H,28,32)(H,29,33)(H,30,34)(H,35,36)(H4,24,25,27). The summed E-state index contributed by atoms with van der Waals surface area (Å²) in [4.78, 5) is 65.1. The number of carboxylic acid groups (broad SMARTS) is 1. The Labute approximate surface area is 209 Å². The van der Waals surface area contributed by atoms with Crippen LogP contribution in [0.2, 0.25) is 0 Å². The van der Waals surface area contributed by atoms with Gasteiger partial charge < -0.3 is 49.3 Å². The average molecular weight is 514 g/mol. The number of rotatable bonds is 17. The zero-order valence-corrected chi connectivity index (χ0v) is 20.3. The number of primary amides is 1. The molecule has 13 N–H and O–H groups in total. The van der Waals surface area contributed by atoms with Crippen molar-refractivity contribution in [2.45, 2.75) is 75.5 Å². The van der Waals surface area contributed by atoms with Gasteiger partial charge in [0.15, 0.2) is 5.96 Å². The second kappa shape index (κ2) is 16.3. The van der Waals surface area contributed by atoms with Crippen molar-refractivity contribution in [3.05, 3.63) is 0 Å². The van der Waals surface area contributed by atoms with Gasteiger partial charge in [-0.15, -0.1) is 0 Å². The number of amides is 4. The third-order valence-corrected chi connectivity index (χ3v) is 5.55. The number of nitrogens with one attached hydrogen (secondary N) is 4. The van der Waals surface area contributed by atoms with Gasteiger partial charge in [-0.25, -0.2) is 4.79 Å². The van der Waals surface area contributed by atoms with Crippen LogP contribution in [0, 0.1) is 0 Å². The summed E-state index contributed by atoms with van der Waals surface area (Å²) in [7, 11) is 0. The smallest absolute Gasteiger partial charge is 0.326 e. The first-order valence-corrected chi connectivity index (χ1v) is 12.0. The second-order valence-electron chi connectivity index (χ2n) is 8.57. The molecule has 1 saturated heterocycles. The van der Waals surface area contributed by atoms with Crippen LogP contribution in [0.15, 0.2) is 4.99 Å². The van der Waals surface area contributed by atoms with E-state index in [1.54, 1.807) is 0 Å². The van der Waals surface area contributed by atoms with Crippen LogP contribution in [0.25, 0.3) is 0 Å². The van der Waals surface area contributed by atoms with Gasteiger partial charge in [-0.1, -0.05) is 0 Å². The maximum absolute atomic E-state index is 13.1. The fourth-order valence-electron chi connectivity index (χ4n) is 3.66. The molecule has 0 aromatic carbocycles. The van der Waals surface area contributed by atoms with E-state index < -0.39 is 54.3 Å². The number of carboxylic acids is 1. The first-order chi connectivity index (χ1) is 17.0. The molecule has 0 spiro atoms. The van der Waals surface area contributed by atoms with E-state index in [1.165, 1.54) is 0 Å². The number of carbonyl (C=O) groups is 5. The highest BCUT2D eigenvalue weighted by molar-refractivity contribution is 5.94. The molecule has 1 fully saturated rings. The van der Waals surface area contributed by atoms with Crippen molar-refractivity contribution in [3.8, 4) is 0 Å². The van der Waals surface area contributed by atoms with Crippen LogP contribution in [0.1, 0.15) is 51.4 Å². The molecule has 1 aliphatic rings. The van der Waals surface area contributed by atoms with E-state index in [2.05, 4.69) is 26.3 Å². The summed E-state index contributed by atoms with van der Waals surface area (Å²) < 4.78 is 0. The molecule has 15 heteroatoms. The molecule has 0 aromatic rings. The molecular weight excluding hydrogens is 474 g/mol. The summed E-state index contributed by atoms with van der Waals surface area (Å²) >= 11 is 0. The quantitative estimate of drug-likeness (QED) is 0.0522. The monoisotopic (exact) mass is 513 g/mol. The number of unbranched alkanes of at least 4 members (excludes halogenated alkanes) is 1.